The van der Waals surface area contributed by atoms with E-state index in [0.717, 1.165) is 21.9 Å². The van der Waals surface area contributed by atoms with Crippen LogP contribution in [0.4, 0.5) is 11.4 Å². The van der Waals surface area contributed by atoms with Crippen LogP contribution in [0.2, 0.25) is 0 Å². The molecule has 0 bridgehead atoms. The Morgan fingerprint density at radius 3 is 2.79 bits per heavy atom. The molecule has 0 aliphatic carbocycles. The van der Waals surface area contributed by atoms with Gasteiger partial charge in [0.05, 0.1) is 22.2 Å². The first-order chi connectivity index (χ1) is 13.9. The van der Waals surface area contributed by atoms with Crippen molar-refractivity contribution in [2.24, 2.45) is 0 Å². The van der Waals surface area contributed by atoms with Gasteiger partial charge >= 0.3 is 5.76 Å². The Bertz CT molecular complexity index is 1290. The molecule has 0 radical (unpaired) electrons. The second kappa shape index (κ2) is 6.99. The molecule has 12 heteroatoms. The molecule has 146 valence electrons. The van der Waals surface area contributed by atoms with E-state index in [1.165, 1.54) is 23.1 Å². The van der Waals surface area contributed by atoms with Gasteiger partial charge in [-0.25, -0.2) is 9.48 Å². The number of aryl methyl sites for hydroxylation is 1. The molecule has 0 spiro atoms. The second-order valence-corrected chi connectivity index (χ2v) is 6.17. The lowest BCUT2D eigenvalue weighted by Crippen LogP contribution is -2.24. The van der Waals surface area contributed by atoms with E-state index in [-0.39, 0.29) is 17.8 Å². The van der Waals surface area contributed by atoms with E-state index >= 15 is 0 Å². The van der Waals surface area contributed by atoms with E-state index in [9.17, 15) is 19.7 Å². The minimum atomic E-state index is -0.777. The van der Waals surface area contributed by atoms with Gasteiger partial charge in [0.15, 0.2) is 5.58 Å². The third kappa shape index (κ3) is 3.45. The molecule has 1 N–H and O–H groups in total. The Morgan fingerprint density at radius 2 is 2.10 bits per heavy atom. The van der Waals surface area contributed by atoms with Crippen LogP contribution in [0.1, 0.15) is 5.56 Å². The van der Waals surface area contributed by atoms with Crippen LogP contribution in [-0.2, 0) is 11.3 Å². The van der Waals surface area contributed by atoms with E-state index in [1.54, 1.807) is 18.2 Å². The summed E-state index contributed by atoms with van der Waals surface area (Å²) in [6.07, 6.45) is 1.46. The minimum Gasteiger partial charge on any atom is -0.407 e. The van der Waals surface area contributed by atoms with Crippen LogP contribution in [0.25, 0.3) is 16.8 Å². The molecule has 0 aliphatic heterocycles. The average molecular weight is 395 g/mol. The van der Waals surface area contributed by atoms with Crippen LogP contribution in [0.5, 0.6) is 0 Å². The molecule has 2 aromatic heterocycles. The van der Waals surface area contributed by atoms with Crippen LogP contribution < -0.4 is 11.1 Å². The molecule has 0 saturated carbocycles. The van der Waals surface area contributed by atoms with Crippen molar-refractivity contribution in [1.29, 1.82) is 0 Å². The Labute approximate surface area is 161 Å². The van der Waals surface area contributed by atoms with Crippen molar-refractivity contribution in [3.63, 3.8) is 0 Å². The average Bonchev–Trinajstić information content (AvgIpc) is 3.30. The fraction of sp³-hybridized carbons (Fsp3) is 0.118. The second-order valence-electron chi connectivity index (χ2n) is 6.17. The zero-order valence-corrected chi connectivity index (χ0v) is 15.0. The predicted octanol–water partition coefficient (Wildman–Crippen LogP) is 1.43. The number of rotatable bonds is 5. The van der Waals surface area contributed by atoms with Crippen LogP contribution >= 0.6 is 0 Å². The van der Waals surface area contributed by atoms with Crippen LogP contribution in [0.15, 0.2) is 51.9 Å². The maximum absolute atomic E-state index is 12.4. The van der Waals surface area contributed by atoms with Gasteiger partial charge in [0.25, 0.3) is 5.69 Å². The number of aromatic nitrogens is 5. The molecule has 0 unspecified atom stereocenters. The Morgan fingerprint density at radius 1 is 1.28 bits per heavy atom. The highest BCUT2D eigenvalue weighted by Gasteiger charge is 2.16. The summed E-state index contributed by atoms with van der Waals surface area (Å²) in [5.74, 6) is -1.23. The molecule has 0 aliphatic rings. The summed E-state index contributed by atoms with van der Waals surface area (Å²) in [7, 11) is 0. The quantitative estimate of drug-likeness (QED) is 0.393. The highest BCUT2D eigenvalue weighted by molar-refractivity contribution is 5.91. The highest BCUT2D eigenvalue weighted by Crippen LogP contribution is 2.21. The zero-order valence-electron chi connectivity index (χ0n) is 15.0. The van der Waals surface area contributed by atoms with Gasteiger partial charge in [-0.15, -0.1) is 5.10 Å². The molecular formula is C17H13N7O5. The van der Waals surface area contributed by atoms with E-state index in [1.807, 2.05) is 6.92 Å². The number of nitro benzene ring substituents is 1. The fourth-order valence-corrected chi connectivity index (χ4v) is 2.92. The summed E-state index contributed by atoms with van der Waals surface area (Å²) in [5, 5.41) is 24.5. The van der Waals surface area contributed by atoms with Gasteiger partial charge in [-0.1, -0.05) is 0 Å². The number of non-ortho nitro benzene ring substituents is 1. The lowest BCUT2D eigenvalue weighted by Gasteiger charge is -2.09. The van der Waals surface area contributed by atoms with Gasteiger partial charge in [0.2, 0.25) is 5.91 Å². The number of tetrazole rings is 1. The molecule has 1 amide bonds. The number of fused-ring (bicyclic) bond motifs is 1. The van der Waals surface area contributed by atoms with Crippen LogP contribution in [0.3, 0.4) is 0 Å². The van der Waals surface area contributed by atoms with Crippen molar-refractivity contribution < 1.29 is 14.1 Å². The zero-order chi connectivity index (χ0) is 20.5. The Hall–Kier alpha value is -4.35. The van der Waals surface area contributed by atoms with Gasteiger partial charge in [-0.3, -0.25) is 19.5 Å². The molecule has 0 atom stereocenters. The molecule has 4 rings (SSSR count). The molecule has 4 aromatic rings. The summed E-state index contributed by atoms with van der Waals surface area (Å²) < 4.78 is 7.62. The fourth-order valence-electron chi connectivity index (χ4n) is 2.92. The van der Waals surface area contributed by atoms with Gasteiger partial charge < -0.3 is 9.73 Å². The Balaban J connectivity index is 1.54. The van der Waals surface area contributed by atoms with E-state index in [4.69, 9.17) is 4.42 Å². The number of hydrogen-bond acceptors (Lipinski definition) is 8. The smallest absolute Gasteiger partial charge is 0.407 e. The van der Waals surface area contributed by atoms with Gasteiger partial charge in [0, 0.05) is 11.8 Å². The number of carbonyl (C=O) groups is 1. The minimum absolute atomic E-state index is 0.0404. The third-order valence-corrected chi connectivity index (χ3v) is 4.24. The van der Waals surface area contributed by atoms with Crippen molar-refractivity contribution in [3.8, 4) is 5.69 Å². The predicted molar refractivity (Wildman–Crippen MR) is 99.6 cm³/mol. The van der Waals surface area contributed by atoms with Crippen molar-refractivity contribution in [1.82, 2.24) is 24.8 Å². The summed E-state index contributed by atoms with van der Waals surface area (Å²) in [5.41, 5.74) is 2.24. The van der Waals surface area contributed by atoms with Crippen molar-refractivity contribution in [2.45, 2.75) is 13.5 Å². The van der Waals surface area contributed by atoms with Crippen molar-refractivity contribution >= 4 is 28.4 Å². The third-order valence-electron chi connectivity index (χ3n) is 4.24. The molecule has 0 fully saturated rings. The number of oxazole rings is 1. The van der Waals surface area contributed by atoms with Crippen LogP contribution in [0, 0.1) is 17.0 Å². The lowest BCUT2D eigenvalue weighted by atomic mass is 10.2. The highest BCUT2D eigenvalue weighted by atomic mass is 16.6. The molecular weight excluding hydrogens is 382 g/mol. The number of nitrogens with one attached hydrogen (secondary N) is 1. The standard InChI is InChI=1S/C17H13N7O5/c1-10-6-11(2-4-13(10)23-9-18-20-21-23)19-16(25)8-22-14-5-3-12(24(27)28)7-15(14)29-17(22)26/h2-7,9H,8H2,1H3,(H,19,25). The number of benzene rings is 2. The summed E-state index contributed by atoms with van der Waals surface area (Å²) in [6, 6.07) is 8.94. The molecule has 2 aromatic carbocycles. The molecule has 29 heavy (non-hydrogen) atoms. The lowest BCUT2D eigenvalue weighted by molar-refractivity contribution is -0.384. The summed E-state index contributed by atoms with van der Waals surface area (Å²) in [6.45, 7) is 1.53. The number of carbonyl (C=O) groups excluding carboxylic acids is 1. The van der Waals surface area contributed by atoms with E-state index in [2.05, 4.69) is 20.8 Å². The number of nitro groups is 1. The van der Waals surface area contributed by atoms with Crippen LogP contribution in [-0.4, -0.2) is 35.6 Å². The monoisotopic (exact) mass is 395 g/mol. The van der Waals surface area contributed by atoms with Crippen molar-refractivity contribution in [3.05, 3.63) is 69.0 Å². The van der Waals surface area contributed by atoms with E-state index in [0.29, 0.717) is 11.2 Å². The summed E-state index contributed by atoms with van der Waals surface area (Å²) >= 11 is 0. The van der Waals surface area contributed by atoms with Gasteiger partial charge in [-0.2, -0.15) is 0 Å². The maximum Gasteiger partial charge on any atom is 0.420 e. The number of amides is 1. The SMILES string of the molecule is Cc1cc(NC(=O)Cn2c(=O)oc3cc([N+](=O)[O-])ccc32)ccc1-n1cnnn1. The topological polar surface area (TPSA) is 151 Å². The van der Waals surface area contributed by atoms with Gasteiger partial charge in [0.1, 0.15) is 12.9 Å². The number of anilines is 1. The van der Waals surface area contributed by atoms with Crippen molar-refractivity contribution in [2.75, 3.05) is 5.32 Å². The normalized spacial score (nSPS) is 10.9. The first kappa shape index (κ1) is 18.0. The number of nitrogens with zero attached hydrogens (tertiary/aromatic N) is 6. The molecule has 2 heterocycles. The molecule has 0 saturated heterocycles. The summed E-state index contributed by atoms with van der Waals surface area (Å²) in [4.78, 5) is 34.7. The number of hydrogen-bond donors (Lipinski definition) is 1. The molecule has 12 nitrogen and oxygen atoms in total. The maximum atomic E-state index is 12.4. The van der Waals surface area contributed by atoms with E-state index < -0.39 is 16.6 Å². The Kier molecular flexibility index (Phi) is 4.35. The first-order valence-corrected chi connectivity index (χ1v) is 8.34. The largest absolute Gasteiger partial charge is 0.420 e. The van der Waals surface area contributed by atoms with Gasteiger partial charge in [-0.05, 0) is 47.2 Å². The first-order valence-electron chi connectivity index (χ1n) is 8.34.